The van der Waals surface area contributed by atoms with Crippen LogP contribution in [0.3, 0.4) is 0 Å². The summed E-state index contributed by atoms with van der Waals surface area (Å²) in [6.07, 6.45) is 6.19. The van der Waals surface area contributed by atoms with Crippen LogP contribution in [0.2, 0.25) is 0 Å². The molecule has 1 fully saturated rings. The van der Waals surface area contributed by atoms with Crippen LogP contribution in [0.4, 0.5) is 4.39 Å². The summed E-state index contributed by atoms with van der Waals surface area (Å²) in [4.78, 5) is 2.35. The predicted octanol–water partition coefficient (Wildman–Crippen LogP) is 4.61. The first-order valence-electron chi connectivity index (χ1n) is 9.59. The monoisotopic (exact) mass is 355 g/mol. The van der Waals surface area contributed by atoms with Crippen molar-refractivity contribution in [3.05, 3.63) is 71.5 Å². The summed E-state index contributed by atoms with van der Waals surface area (Å²) >= 11 is 0. The Bertz CT molecular complexity index is 688. The Kier molecular flexibility index (Phi) is 5.79. The van der Waals surface area contributed by atoms with Crippen LogP contribution in [0.25, 0.3) is 0 Å². The molecule has 140 valence electrons. The first-order valence-corrected chi connectivity index (χ1v) is 9.59. The maximum Gasteiger partial charge on any atom is 0.123 e. The molecule has 26 heavy (non-hydrogen) atoms. The van der Waals surface area contributed by atoms with Gasteiger partial charge in [-0.2, -0.15) is 0 Å². The van der Waals surface area contributed by atoms with E-state index in [1.807, 2.05) is 12.1 Å². The molecule has 0 bridgehead atoms. The third kappa shape index (κ3) is 4.52. The summed E-state index contributed by atoms with van der Waals surface area (Å²) in [6, 6.07) is 17.3. The van der Waals surface area contributed by atoms with Crippen molar-refractivity contribution in [3.63, 3.8) is 0 Å². The molecule has 0 spiro atoms. The van der Waals surface area contributed by atoms with Crippen molar-refractivity contribution in [2.24, 2.45) is 0 Å². The zero-order valence-electron chi connectivity index (χ0n) is 15.9. The van der Waals surface area contributed by atoms with Crippen molar-refractivity contribution >= 4 is 0 Å². The van der Waals surface area contributed by atoms with Gasteiger partial charge in [-0.3, -0.25) is 0 Å². The molecule has 1 aliphatic carbocycles. The van der Waals surface area contributed by atoms with E-state index in [2.05, 4.69) is 49.3 Å². The van der Waals surface area contributed by atoms with E-state index < -0.39 is 5.60 Å². The highest BCUT2D eigenvalue weighted by molar-refractivity contribution is 5.20. The van der Waals surface area contributed by atoms with E-state index in [0.717, 1.165) is 50.5 Å². The summed E-state index contributed by atoms with van der Waals surface area (Å²) in [5, 5.41) is 11.1. The fourth-order valence-corrected chi connectivity index (χ4v) is 4.22. The van der Waals surface area contributed by atoms with Crippen LogP contribution in [-0.4, -0.2) is 35.2 Å². The topological polar surface area (TPSA) is 23.5 Å². The lowest BCUT2D eigenvalue weighted by molar-refractivity contribution is -0.0490. The van der Waals surface area contributed by atoms with E-state index in [0.29, 0.717) is 0 Å². The first kappa shape index (κ1) is 19.1. The Labute approximate surface area is 156 Å². The van der Waals surface area contributed by atoms with Crippen LogP contribution in [0, 0.1) is 5.82 Å². The molecule has 1 N–H and O–H groups in total. The molecule has 0 saturated heterocycles. The number of rotatable bonds is 6. The number of halogens is 1. The SMILES string of the molecule is CN(C)C1(Cc2ccccc2)CCC(O)(CCc2ccc(F)cc2)CC1. The molecule has 0 aliphatic heterocycles. The van der Waals surface area contributed by atoms with Gasteiger partial charge in [-0.25, -0.2) is 4.39 Å². The Morgan fingerprint density at radius 1 is 0.885 bits per heavy atom. The summed E-state index contributed by atoms with van der Waals surface area (Å²) in [6.45, 7) is 0. The lowest BCUT2D eigenvalue weighted by atomic mass is 9.69. The molecule has 0 heterocycles. The smallest absolute Gasteiger partial charge is 0.123 e. The maximum absolute atomic E-state index is 13.0. The van der Waals surface area contributed by atoms with E-state index in [9.17, 15) is 9.50 Å². The standard InChI is InChI=1S/C23H30FNO/c1-25(2)22(18-20-6-4-3-5-7-20)14-16-23(26,17-15-22)13-12-19-8-10-21(24)11-9-19/h3-11,26H,12-18H2,1-2H3. The number of nitrogens with zero attached hydrogens (tertiary/aromatic N) is 1. The highest BCUT2D eigenvalue weighted by Crippen LogP contribution is 2.41. The van der Waals surface area contributed by atoms with Crippen molar-refractivity contribution in [1.29, 1.82) is 0 Å². The molecule has 0 radical (unpaired) electrons. The first-order chi connectivity index (χ1) is 12.4. The van der Waals surface area contributed by atoms with Gasteiger partial charge in [-0.1, -0.05) is 42.5 Å². The van der Waals surface area contributed by atoms with Gasteiger partial charge in [0.05, 0.1) is 5.60 Å². The normalized spacial score (nSPS) is 26.2. The van der Waals surface area contributed by atoms with Crippen LogP contribution < -0.4 is 0 Å². The number of benzene rings is 2. The highest BCUT2D eigenvalue weighted by Gasteiger charge is 2.42. The fourth-order valence-electron chi connectivity index (χ4n) is 4.22. The number of aliphatic hydroxyl groups is 1. The molecule has 0 amide bonds. The number of likely N-dealkylation sites (N-methyl/N-ethyl adjacent to an activating group) is 1. The van der Waals surface area contributed by atoms with Gasteiger partial charge in [0, 0.05) is 5.54 Å². The van der Waals surface area contributed by atoms with E-state index in [1.165, 1.54) is 17.7 Å². The second kappa shape index (κ2) is 7.89. The zero-order valence-corrected chi connectivity index (χ0v) is 15.9. The second-order valence-corrected chi connectivity index (χ2v) is 8.13. The van der Waals surface area contributed by atoms with Crippen LogP contribution in [0.15, 0.2) is 54.6 Å². The van der Waals surface area contributed by atoms with Crippen molar-refractivity contribution in [2.45, 2.75) is 56.1 Å². The summed E-state index contributed by atoms with van der Waals surface area (Å²) in [5.74, 6) is -0.207. The number of hydrogen-bond donors (Lipinski definition) is 1. The van der Waals surface area contributed by atoms with Gasteiger partial charge in [0.25, 0.3) is 0 Å². The average Bonchev–Trinajstić information content (AvgIpc) is 2.64. The highest BCUT2D eigenvalue weighted by atomic mass is 19.1. The van der Waals surface area contributed by atoms with Gasteiger partial charge in [0.1, 0.15) is 5.82 Å². The fraction of sp³-hybridized carbons (Fsp3) is 0.478. The predicted molar refractivity (Wildman–Crippen MR) is 105 cm³/mol. The molecule has 2 aromatic carbocycles. The molecule has 0 unspecified atom stereocenters. The molecule has 1 saturated carbocycles. The van der Waals surface area contributed by atoms with Crippen molar-refractivity contribution < 1.29 is 9.50 Å². The van der Waals surface area contributed by atoms with Crippen LogP contribution in [0.1, 0.15) is 43.2 Å². The van der Waals surface area contributed by atoms with E-state index >= 15 is 0 Å². The van der Waals surface area contributed by atoms with Gasteiger partial charge in [0.15, 0.2) is 0 Å². The lowest BCUT2D eigenvalue weighted by Gasteiger charge is -2.48. The minimum Gasteiger partial charge on any atom is -0.390 e. The largest absolute Gasteiger partial charge is 0.390 e. The third-order valence-corrected chi connectivity index (χ3v) is 6.23. The number of hydrogen-bond acceptors (Lipinski definition) is 2. The Balaban J connectivity index is 1.62. The van der Waals surface area contributed by atoms with E-state index in [1.54, 1.807) is 0 Å². The Hall–Kier alpha value is -1.71. The summed E-state index contributed by atoms with van der Waals surface area (Å²) < 4.78 is 13.0. The third-order valence-electron chi connectivity index (χ3n) is 6.23. The molecule has 0 atom stereocenters. The Morgan fingerprint density at radius 3 is 2.08 bits per heavy atom. The van der Waals surface area contributed by atoms with Crippen LogP contribution in [-0.2, 0) is 12.8 Å². The molecular formula is C23H30FNO. The molecule has 1 aliphatic rings. The second-order valence-electron chi connectivity index (χ2n) is 8.13. The number of aryl methyl sites for hydroxylation is 1. The molecule has 0 aromatic heterocycles. The zero-order chi connectivity index (χ0) is 18.6. The quantitative estimate of drug-likeness (QED) is 0.818. The minimum atomic E-state index is -0.607. The van der Waals surface area contributed by atoms with Gasteiger partial charge in [-0.15, -0.1) is 0 Å². The van der Waals surface area contributed by atoms with Crippen molar-refractivity contribution in [3.8, 4) is 0 Å². The molecule has 3 rings (SSSR count). The van der Waals surface area contributed by atoms with Gasteiger partial charge in [0.2, 0.25) is 0 Å². The molecule has 3 heteroatoms. The average molecular weight is 355 g/mol. The van der Waals surface area contributed by atoms with Gasteiger partial charge < -0.3 is 10.0 Å². The lowest BCUT2D eigenvalue weighted by Crippen LogP contribution is -2.52. The maximum atomic E-state index is 13.0. The Morgan fingerprint density at radius 2 is 1.50 bits per heavy atom. The molecule has 2 aromatic rings. The van der Waals surface area contributed by atoms with E-state index in [4.69, 9.17) is 0 Å². The van der Waals surface area contributed by atoms with Gasteiger partial charge >= 0.3 is 0 Å². The molecule has 2 nitrogen and oxygen atoms in total. The van der Waals surface area contributed by atoms with Crippen molar-refractivity contribution in [1.82, 2.24) is 4.90 Å². The van der Waals surface area contributed by atoms with E-state index in [-0.39, 0.29) is 11.4 Å². The van der Waals surface area contributed by atoms with Crippen molar-refractivity contribution in [2.75, 3.05) is 14.1 Å². The minimum absolute atomic E-state index is 0.115. The van der Waals surface area contributed by atoms with Crippen LogP contribution in [0.5, 0.6) is 0 Å². The summed E-state index contributed by atoms with van der Waals surface area (Å²) in [5.41, 5.74) is 1.96. The van der Waals surface area contributed by atoms with Gasteiger partial charge in [-0.05, 0) is 82.3 Å². The summed E-state index contributed by atoms with van der Waals surface area (Å²) in [7, 11) is 4.32. The molecular weight excluding hydrogens is 325 g/mol. The van der Waals surface area contributed by atoms with Crippen LogP contribution >= 0.6 is 0 Å².